The van der Waals surface area contributed by atoms with Gasteiger partial charge in [-0.3, -0.25) is 4.79 Å². The molecule has 0 aromatic rings. The van der Waals surface area contributed by atoms with E-state index in [1.54, 1.807) is 0 Å². The van der Waals surface area contributed by atoms with Crippen molar-refractivity contribution in [2.45, 2.75) is 126 Å². The lowest BCUT2D eigenvalue weighted by molar-refractivity contribution is -0.383. The number of allylic oxidation sites excluding steroid dienone is 8. The van der Waals surface area contributed by atoms with Crippen molar-refractivity contribution in [1.82, 2.24) is 0 Å². The monoisotopic (exact) mass is 628 g/mol. The van der Waals surface area contributed by atoms with E-state index in [1.165, 1.54) is 19.3 Å². The molecule has 0 saturated carbocycles. The second-order valence-electron chi connectivity index (χ2n) is 11.0. The highest BCUT2D eigenvalue weighted by Crippen LogP contribution is 2.36. The first-order chi connectivity index (χ1) is 21.2. The zero-order valence-corrected chi connectivity index (χ0v) is 25.6. The predicted molar refractivity (Wildman–Crippen MR) is 161 cm³/mol. The van der Waals surface area contributed by atoms with Gasteiger partial charge < -0.3 is 54.7 Å². The van der Waals surface area contributed by atoms with E-state index in [9.17, 15) is 40.5 Å². The van der Waals surface area contributed by atoms with Crippen LogP contribution < -0.4 is 0 Å². The molecule has 0 aromatic carbocycles. The summed E-state index contributed by atoms with van der Waals surface area (Å²) in [7, 11) is 0. The Labute approximate surface area is 259 Å². The number of rotatable bonds is 20. The molecule has 0 unspecified atom stereocenters. The summed E-state index contributed by atoms with van der Waals surface area (Å²) in [6.07, 6.45) is 12.4. The van der Waals surface area contributed by atoms with Crippen molar-refractivity contribution < 1.29 is 59.5 Å². The van der Waals surface area contributed by atoms with Crippen LogP contribution in [0.1, 0.15) is 71.1 Å². The molecule has 2 saturated heterocycles. The van der Waals surface area contributed by atoms with Crippen molar-refractivity contribution in [2.75, 3.05) is 19.8 Å². The molecular weight excluding hydrogens is 576 g/mol. The largest absolute Gasteiger partial charge is 0.460 e. The number of carbonyl (C=O) groups excluding carboxylic acids is 1. The van der Waals surface area contributed by atoms with Gasteiger partial charge in [-0.2, -0.15) is 0 Å². The fourth-order valence-electron chi connectivity index (χ4n) is 4.80. The molecule has 0 aliphatic carbocycles. The van der Waals surface area contributed by atoms with Crippen molar-refractivity contribution in [1.29, 1.82) is 0 Å². The van der Waals surface area contributed by atoms with Crippen molar-refractivity contribution in [3.05, 3.63) is 48.6 Å². The summed E-state index contributed by atoms with van der Waals surface area (Å²) in [5.74, 6) is -2.92. The lowest BCUT2D eigenvalue weighted by atomic mass is 9.99. The maximum absolute atomic E-state index is 12.4. The highest BCUT2D eigenvalue weighted by Gasteiger charge is 2.59. The Hall–Kier alpha value is -1.97. The number of aliphatic hydroxyl groups excluding tert-OH is 7. The van der Waals surface area contributed by atoms with Crippen LogP contribution in [-0.4, -0.2) is 116 Å². The van der Waals surface area contributed by atoms with Gasteiger partial charge in [-0.25, -0.2) is 0 Å². The number of ether oxygens (including phenoxy) is 4. The summed E-state index contributed by atoms with van der Waals surface area (Å²) >= 11 is 0. The molecule has 9 atom stereocenters. The molecule has 252 valence electrons. The smallest absolute Gasteiger partial charge is 0.305 e. The summed E-state index contributed by atoms with van der Waals surface area (Å²) < 4.78 is 21.7. The van der Waals surface area contributed by atoms with Crippen LogP contribution in [-0.2, 0) is 23.7 Å². The molecule has 44 heavy (non-hydrogen) atoms. The summed E-state index contributed by atoms with van der Waals surface area (Å²) in [5.41, 5.74) is 0. The molecule has 0 amide bonds. The zero-order chi connectivity index (χ0) is 32.4. The van der Waals surface area contributed by atoms with Crippen LogP contribution in [0.15, 0.2) is 48.6 Å². The zero-order valence-electron chi connectivity index (χ0n) is 25.6. The Morgan fingerprint density at radius 1 is 0.727 bits per heavy atom. The lowest BCUT2D eigenvalue weighted by Crippen LogP contribution is -2.62. The molecule has 2 aliphatic rings. The van der Waals surface area contributed by atoms with Crippen LogP contribution in [0.2, 0.25) is 0 Å². The van der Waals surface area contributed by atoms with Gasteiger partial charge in [0, 0.05) is 6.42 Å². The topological polar surface area (TPSA) is 196 Å². The fourth-order valence-corrected chi connectivity index (χ4v) is 4.80. The minimum Gasteiger partial charge on any atom is -0.460 e. The highest BCUT2D eigenvalue weighted by molar-refractivity contribution is 5.69. The van der Waals surface area contributed by atoms with Gasteiger partial charge in [0.2, 0.25) is 5.79 Å². The number of carbonyl (C=O) groups is 1. The third kappa shape index (κ3) is 12.1. The standard InChI is InChI=1S/C32H52O12/c1-2-3-4-5-6-7-8-9-10-11-12-13-14-15-16-17-18-19-25(35)41-22-32(30(40)27(37)24(21-34)43-32)44-31-29(39)28(38)26(36)23(20-33)42-31/h6-7,9-10,12-13,15-16,23-24,26-31,33-34,36-40H,2-5,8,11,14,17-22H2,1H3/t23-,24-,26-,27-,28+,29-,30+,31-,32+/m1/s1. The Balaban J connectivity index is 1.75. The van der Waals surface area contributed by atoms with E-state index in [2.05, 4.69) is 43.4 Å². The second-order valence-corrected chi connectivity index (χ2v) is 11.0. The first kappa shape index (κ1) is 38.2. The van der Waals surface area contributed by atoms with Crippen molar-refractivity contribution in [3.8, 4) is 0 Å². The molecule has 2 aliphatic heterocycles. The molecule has 7 N–H and O–H groups in total. The maximum atomic E-state index is 12.4. The molecule has 2 heterocycles. The van der Waals surface area contributed by atoms with Gasteiger partial charge in [-0.15, -0.1) is 0 Å². The van der Waals surface area contributed by atoms with Crippen LogP contribution in [0, 0.1) is 0 Å². The van der Waals surface area contributed by atoms with Crippen LogP contribution in [0.5, 0.6) is 0 Å². The van der Waals surface area contributed by atoms with Crippen LogP contribution >= 0.6 is 0 Å². The third-order valence-electron chi connectivity index (χ3n) is 7.49. The van der Waals surface area contributed by atoms with Gasteiger partial charge in [-0.05, 0) is 44.9 Å². The molecule has 0 radical (unpaired) electrons. The van der Waals surface area contributed by atoms with Crippen LogP contribution in [0.25, 0.3) is 0 Å². The Morgan fingerprint density at radius 2 is 1.30 bits per heavy atom. The quantitative estimate of drug-likeness (QED) is 0.0581. The SMILES string of the molecule is CCCCCC=CCC=CCC=CCC=CCCCC(=O)OC[C@@]1(O[C@H]2O[C@H](CO)[C@@H](O)[C@H](O)[C@H]2O)O[C@H](CO)[C@@H](O)[C@@H]1O. The molecule has 0 bridgehead atoms. The number of aliphatic hydroxyl groups is 7. The van der Waals surface area contributed by atoms with Crippen molar-refractivity contribution in [3.63, 3.8) is 0 Å². The summed E-state index contributed by atoms with van der Waals surface area (Å²) in [4.78, 5) is 12.4. The summed E-state index contributed by atoms with van der Waals surface area (Å²) in [6, 6.07) is 0. The lowest BCUT2D eigenvalue weighted by Gasteiger charge is -2.43. The third-order valence-corrected chi connectivity index (χ3v) is 7.49. The average Bonchev–Trinajstić information content (AvgIpc) is 3.26. The predicted octanol–water partition coefficient (Wildman–Crippen LogP) is 1.30. The van der Waals surface area contributed by atoms with E-state index in [4.69, 9.17) is 18.9 Å². The Bertz CT molecular complexity index is 919. The minimum atomic E-state index is -2.28. The van der Waals surface area contributed by atoms with E-state index in [0.717, 1.165) is 25.7 Å². The first-order valence-electron chi connectivity index (χ1n) is 15.6. The Morgan fingerprint density at radius 3 is 1.84 bits per heavy atom. The summed E-state index contributed by atoms with van der Waals surface area (Å²) in [6.45, 7) is 0.0354. The average molecular weight is 629 g/mol. The Kier molecular flexibility index (Phi) is 18.2. The van der Waals surface area contributed by atoms with Crippen LogP contribution in [0.3, 0.4) is 0 Å². The minimum absolute atomic E-state index is 0.0379. The van der Waals surface area contributed by atoms with E-state index < -0.39 is 80.6 Å². The van der Waals surface area contributed by atoms with Gasteiger partial charge in [0.1, 0.15) is 49.3 Å². The molecule has 2 fully saturated rings. The number of unbranched alkanes of at least 4 members (excludes halogenated alkanes) is 4. The maximum Gasteiger partial charge on any atom is 0.305 e. The highest BCUT2D eigenvalue weighted by atomic mass is 16.8. The summed E-state index contributed by atoms with van der Waals surface area (Å²) in [5, 5.41) is 70.4. The fraction of sp³-hybridized carbons (Fsp3) is 0.719. The molecule has 0 aromatic heterocycles. The van der Waals surface area contributed by atoms with Crippen molar-refractivity contribution >= 4 is 5.97 Å². The van der Waals surface area contributed by atoms with E-state index >= 15 is 0 Å². The van der Waals surface area contributed by atoms with E-state index in [1.807, 2.05) is 12.2 Å². The second kappa shape index (κ2) is 20.9. The number of hydrogen-bond donors (Lipinski definition) is 7. The van der Waals surface area contributed by atoms with Gasteiger partial charge in [-0.1, -0.05) is 68.4 Å². The van der Waals surface area contributed by atoms with Gasteiger partial charge in [0.15, 0.2) is 6.29 Å². The number of esters is 1. The first-order valence-corrected chi connectivity index (χ1v) is 15.6. The normalized spacial score (nSPS) is 33.0. The van der Waals surface area contributed by atoms with E-state index in [0.29, 0.717) is 12.8 Å². The van der Waals surface area contributed by atoms with Gasteiger partial charge in [0.25, 0.3) is 0 Å². The molecule has 0 spiro atoms. The molecule has 2 rings (SSSR count). The number of hydrogen-bond acceptors (Lipinski definition) is 12. The van der Waals surface area contributed by atoms with E-state index in [-0.39, 0.29) is 6.42 Å². The molecule has 12 nitrogen and oxygen atoms in total. The van der Waals surface area contributed by atoms with Gasteiger partial charge >= 0.3 is 5.97 Å². The molecular formula is C32H52O12. The van der Waals surface area contributed by atoms with Crippen LogP contribution in [0.4, 0.5) is 0 Å². The van der Waals surface area contributed by atoms with Gasteiger partial charge in [0.05, 0.1) is 13.2 Å². The van der Waals surface area contributed by atoms with Crippen molar-refractivity contribution in [2.24, 2.45) is 0 Å². The molecule has 12 heteroatoms.